The zero-order chi connectivity index (χ0) is 19.3. The van der Waals surface area contributed by atoms with Crippen LogP contribution in [0.5, 0.6) is 0 Å². The highest BCUT2D eigenvalue weighted by molar-refractivity contribution is 7.20. The van der Waals surface area contributed by atoms with Gasteiger partial charge >= 0.3 is 0 Å². The van der Waals surface area contributed by atoms with Crippen LogP contribution < -0.4 is 5.32 Å². The summed E-state index contributed by atoms with van der Waals surface area (Å²) in [5.74, 6) is 0.286. The number of imidazole rings is 1. The van der Waals surface area contributed by atoms with Gasteiger partial charge in [0.2, 0.25) is 5.95 Å². The molecule has 4 rings (SSSR count). The van der Waals surface area contributed by atoms with E-state index < -0.39 is 0 Å². The fourth-order valence-electron chi connectivity index (χ4n) is 2.92. The van der Waals surface area contributed by atoms with E-state index in [2.05, 4.69) is 15.3 Å². The predicted octanol–water partition coefficient (Wildman–Crippen LogP) is 4.90. The van der Waals surface area contributed by atoms with Crippen molar-refractivity contribution in [3.63, 3.8) is 0 Å². The number of thiophene rings is 1. The maximum atomic E-state index is 12.8. The van der Waals surface area contributed by atoms with Crippen LogP contribution in [0.15, 0.2) is 47.2 Å². The third-order valence-corrected chi connectivity index (χ3v) is 6.10. The summed E-state index contributed by atoms with van der Waals surface area (Å²) in [5, 5.41) is 7.57. The first-order valence-corrected chi connectivity index (χ1v) is 10.9. The number of aryl methyl sites for hydroxylation is 1. The molecule has 0 atom stereocenters. The molecule has 0 unspecified atom stereocenters. The Kier molecular flexibility index (Phi) is 5.80. The van der Waals surface area contributed by atoms with Crippen molar-refractivity contribution in [2.45, 2.75) is 19.9 Å². The second-order valence-corrected chi connectivity index (χ2v) is 7.90. The average Bonchev–Trinajstić information content (AvgIpc) is 3.44. The number of fused-ring (bicyclic) bond motifs is 1. The summed E-state index contributed by atoms with van der Waals surface area (Å²) in [6, 6.07) is 11.9. The van der Waals surface area contributed by atoms with E-state index >= 15 is 0 Å². The summed E-state index contributed by atoms with van der Waals surface area (Å²) in [4.78, 5) is 22.9. The molecule has 1 N–H and O–H groups in total. The minimum atomic E-state index is -0.250. The molecule has 3 aromatic heterocycles. The Morgan fingerprint density at radius 2 is 2.07 bits per heavy atom. The van der Waals surface area contributed by atoms with Crippen molar-refractivity contribution >= 4 is 45.6 Å². The van der Waals surface area contributed by atoms with Gasteiger partial charge in [0.1, 0.15) is 10.7 Å². The predicted molar refractivity (Wildman–Crippen MR) is 114 cm³/mol. The van der Waals surface area contributed by atoms with E-state index in [4.69, 9.17) is 4.74 Å². The highest BCUT2D eigenvalue weighted by atomic mass is 32.1. The number of carbonyl (C=O) groups excluding carboxylic acids is 1. The van der Waals surface area contributed by atoms with Gasteiger partial charge in [-0.3, -0.25) is 10.1 Å². The Bertz CT molecular complexity index is 1070. The molecule has 8 heteroatoms. The number of ether oxygens (including phenoxy) is 1. The van der Waals surface area contributed by atoms with Gasteiger partial charge in [0.15, 0.2) is 0 Å². The number of benzene rings is 1. The number of thiazole rings is 1. The van der Waals surface area contributed by atoms with E-state index in [0.29, 0.717) is 31.4 Å². The van der Waals surface area contributed by atoms with Gasteiger partial charge in [-0.25, -0.2) is 9.97 Å². The lowest BCUT2D eigenvalue weighted by Gasteiger charge is -2.09. The van der Waals surface area contributed by atoms with Gasteiger partial charge in [0, 0.05) is 25.1 Å². The highest BCUT2D eigenvalue weighted by Crippen LogP contribution is 2.28. The minimum Gasteiger partial charge on any atom is -0.382 e. The third-order valence-electron chi connectivity index (χ3n) is 4.22. The zero-order valence-corrected chi connectivity index (χ0v) is 17.1. The van der Waals surface area contributed by atoms with Crippen molar-refractivity contribution < 1.29 is 9.53 Å². The SMILES string of the molecule is CCOCCCn1c(NC(=O)c2csc(-c3cccs3)n2)nc2ccccc21. The number of nitrogens with zero attached hydrogens (tertiary/aromatic N) is 3. The molecule has 0 spiro atoms. The van der Waals surface area contributed by atoms with Crippen molar-refractivity contribution in [2.75, 3.05) is 18.5 Å². The standard InChI is InChI=1S/C20H20N4O2S2/c1-2-26-11-6-10-24-16-8-4-3-7-14(16)22-20(24)23-18(25)15-13-28-19(21-15)17-9-5-12-27-17/h3-5,7-9,12-13H,2,6,10-11H2,1H3,(H,22,23,25). The van der Waals surface area contributed by atoms with E-state index in [9.17, 15) is 4.79 Å². The number of anilines is 1. The minimum absolute atomic E-state index is 0.250. The van der Waals surface area contributed by atoms with Crippen molar-refractivity contribution in [3.05, 3.63) is 52.9 Å². The van der Waals surface area contributed by atoms with Crippen LogP contribution >= 0.6 is 22.7 Å². The topological polar surface area (TPSA) is 69.0 Å². The van der Waals surface area contributed by atoms with Gasteiger partial charge in [-0.1, -0.05) is 18.2 Å². The van der Waals surface area contributed by atoms with Gasteiger partial charge in [0.05, 0.1) is 15.9 Å². The van der Waals surface area contributed by atoms with Crippen LogP contribution in [0.25, 0.3) is 20.9 Å². The normalized spacial score (nSPS) is 11.2. The first-order valence-electron chi connectivity index (χ1n) is 9.10. The maximum absolute atomic E-state index is 12.8. The monoisotopic (exact) mass is 412 g/mol. The van der Waals surface area contributed by atoms with Gasteiger partial charge in [-0.2, -0.15) is 0 Å². The highest BCUT2D eigenvalue weighted by Gasteiger charge is 2.17. The van der Waals surface area contributed by atoms with Crippen molar-refractivity contribution in [2.24, 2.45) is 0 Å². The van der Waals surface area contributed by atoms with Crippen LogP contribution in [0, 0.1) is 0 Å². The fraction of sp³-hybridized carbons (Fsp3) is 0.250. The molecule has 6 nitrogen and oxygen atoms in total. The number of hydrogen-bond acceptors (Lipinski definition) is 6. The van der Waals surface area contributed by atoms with E-state index in [1.807, 2.05) is 53.3 Å². The van der Waals surface area contributed by atoms with E-state index in [1.165, 1.54) is 11.3 Å². The van der Waals surface area contributed by atoms with E-state index in [1.54, 1.807) is 16.7 Å². The molecule has 0 aliphatic rings. The molecular formula is C20H20N4O2S2. The van der Waals surface area contributed by atoms with E-state index in [0.717, 1.165) is 27.3 Å². The zero-order valence-electron chi connectivity index (χ0n) is 15.4. The Balaban J connectivity index is 1.55. The molecule has 4 aromatic rings. The van der Waals surface area contributed by atoms with Crippen LogP contribution in [0.3, 0.4) is 0 Å². The largest absolute Gasteiger partial charge is 0.382 e. The Hall–Kier alpha value is -2.55. The molecule has 1 aromatic carbocycles. The molecule has 0 bridgehead atoms. The molecule has 0 saturated heterocycles. The number of carbonyl (C=O) groups is 1. The molecule has 0 fully saturated rings. The molecular weight excluding hydrogens is 392 g/mol. The van der Waals surface area contributed by atoms with Crippen LogP contribution in [-0.2, 0) is 11.3 Å². The summed E-state index contributed by atoms with van der Waals surface area (Å²) >= 11 is 3.08. The second-order valence-electron chi connectivity index (χ2n) is 6.10. The number of rotatable bonds is 8. The quantitative estimate of drug-likeness (QED) is 0.418. The van der Waals surface area contributed by atoms with E-state index in [-0.39, 0.29) is 5.91 Å². The lowest BCUT2D eigenvalue weighted by molar-refractivity contribution is 0.102. The van der Waals surface area contributed by atoms with Crippen LogP contribution in [-0.4, -0.2) is 33.7 Å². The number of hydrogen-bond donors (Lipinski definition) is 1. The van der Waals surface area contributed by atoms with Gasteiger partial charge < -0.3 is 9.30 Å². The maximum Gasteiger partial charge on any atom is 0.277 e. The molecule has 28 heavy (non-hydrogen) atoms. The number of aromatic nitrogens is 3. The van der Waals surface area contributed by atoms with Gasteiger partial charge in [-0.15, -0.1) is 22.7 Å². The first kappa shape index (κ1) is 18.8. The van der Waals surface area contributed by atoms with Gasteiger partial charge in [0.25, 0.3) is 5.91 Å². The van der Waals surface area contributed by atoms with Gasteiger partial charge in [-0.05, 0) is 36.9 Å². The Morgan fingerprint density at radius 3 is 2.89 bits per heavy atom. The molecule has 144 valence electrons. The number of amides is 1. The second kappa shape index (κ2) is 8.64. The van der Waals surface area contributed by atoms with Crippen molar-refractivity contribution in [3.8, 4) is 9.88 Å². The number of nitrogens with one attached hydrogen (secondary N) is 1. The van der Waals surface area contributed by atoms with Crippen LogP contribution in [0.1, 0.15) is 23.8 Å². The van der Waals surface area contributed by atoms with Crippen LogP contribution in [0.2, 0.25) is 0 Å². The summed E-state index contributed by atoms with van der Waals surface area (Å²) < 4.78 is 7.47. The lowest BCUT2D eigenvalue weighted by Crippen LogP contribution is -2.17. The van der Waals surface area contributed by atoms with Crippen LogP contribution in [0.4, 0.5) is 5.95 Å². The van der Waals surface area contributed by atoms with Crippen molar-refractivity contribution in [1.29, 1.82) is 0 Å². The summed E-state index contributed by atoms with van der Waals surface area (Å²) in [6.07, 6.45) is 0.844. The molecule has 0 aliphatic carbocycles. The smallest absolute Gasteiger partial charge is 0.277 e. The molecule has 0 saturated carbocycles. The summed E-state index contributed by atoms with van der Waals surface area (Å²) in [6.45, 7) is 4.07. The Labute approximate surface area is 170 Å². The molecule has 0 aliphatic heterocycles. The lowest BCUT2D eigenvalue weighted by atomic mass is 10.3. The summed E-state index contributed by atoms with van der Waals surface area (Å²) in [5.41, 5.74) is 2.25. The molecule has 3 heterocycles. The molecule has 1 amide bonds. The number of para-hydroxylation sites is 2. The third kappa shape index (κ3) is 3.99. The molecule has 0 radical (unpaired) electrons. The Morgan fingerprint density at radius 1 is 1.18 bits per heavy atom. The average molecular weight is 413 g/mol. The fourth-order valence-corrected chi connectivity index (χ4v) is 4.54. The first-order chi connectivity index (χ1) is 13.8. The van der Waals surface area contributed by atoms with Crippen molar-refractivity contribution in [1.82, 2.24) is 14.5 Å². The summed E-state index contributed by atoms with van der Waals surface area (Å²) in [7, 11) is 0.